The topological polar surface area (TPSA) is 91.4 Å². The molecule has 0 saturated carbocycles. The third kappa shape index (κ3) is 8.92. The van der Waals surface area contributed by atoms with Crippen LogP contribution in [-0.4, -0.2) is 40.7 Å². The van der Waals surface area contributed by atoms with E-state index in [1.54, 1.807) is 17.2 Å². The molecular formula is C34H42F2N4O3. The molecule has 3 aromatic rings. The first kappa shape index (κ1) is 33.4. The Morgan fingerprint density at radius 2 is 1.63 bits per heavy atom. The van der Waals surface area contributed by atoms with Crippen molar-refractivity contribution < 1.29 is 23.2 Å². The number of hydrogen-bond acceptors (Lipinski definition) is 4. The van der Waals surface area contributed by atoms with Crippen LogP contribution in [0.25, 0.3) is 0 Å². The van der Waals surface area contributed by atoms with Crippen molar-refractivity contribution in [2.24, 2.45) is 11.3 Å². The lowest BCUT2D eigenvalue weighted by molar-refractivity contribution is -0.148. The van der Waals surface area contributed by atoms with E-state index in [2.05, 4.69) is 29.5 Å². The van der Waals surface area contributed by atoms with Crippen LogP contribution in [0.4, 0.5) is 20.3 Å². The van der Waals surface area contributed by atoms with Crippen molar-refractivity contribution in [2.45, 2.75) is 66.2 Å². The second-order valence-corrected chi connectivity index (χ2v) is 10.6. The quantitative estimate of drug-likeness (QED) is 0.316. The molecule has 0 bridgehead atoms. The highest BCUT2D eigenvalue weighted by molar-refractivity contribution is 5.96. The molecule has 0 spiro atoms. The fraction of sp³-hybridized carbons (Fsp3) is 0.412. The van der Waals surface area contributed by atoms with Crippen LogP contribution >= 0.6 is 0 Å². The average Bonchev–Trinajstić information content (AvgIpc) is 3.44. The van der Waals surface area contributed by atoms with Gasteiger partial charge in [-0.25, -0.2) is 13.8 Å². The summed E-state index contributed by atoms with van der Waals surface area (Å²) in [7, 11) is 0. The minimum Gasteiger partial charge on any atom is -0.333 e. The Labute approximate surface area is 253 Å². The van der Waals surface area contributed by atoms with E-state index in [9.17, 15) is 23.2 Å². The highest BCUT2D eigenvalue weighted by atomic mass is 19.1. The predicted octanol–water partition coefficient (Wildman–Crippen LogP) is 6.79. The number of aromatic nitrogens is 1. The van der Waals surface area contributed by atoms with E-state index < -0.39 is 11.6 Å². The first-order chi connectivity index (χ1) is 20.7. The second kappa shape index (κ2) is 15.9. The number of benzene rings is 2. The number of carbonyl (C=O) groups is 3. The van der Waals surface area contributed by atoms with E-state index in [4.69, 9.17) is 0 Å². The fourth-order valence-corrected chi connectivity index (χ4v) is 5.59. The molecule has 5 rings (SSSR count). The van der Waals surface area contributed by atoms with Gasteiger partial charge in [-0.15, -0.1) is 0 Å². The number of fused-ring (bicyclic) bond motifs is 1. The Balaban J connectivity index is 0.000000433. The van der Waals surface area contributed by atoms with E-state index in [0.29, 0.717) is 30.9 Å². The molecule has 1 atom stereocenters. The van der Waals surface area contributed by atoms with Gasteiger partial charge < -0.3 is 15.5 Å². The molecule has 9 heteroatoms. The zero-order valence-corrected chi connectivity index (χ0v) is 25.5. The maximum Gasteiger partial charge on any atom is 0.243 e. The number of carbonyl (C=O) groups excluding carboxylic acids is 3. The summed E-state index contributed by atoms with van der Waals surface area (Å²) in [6.07, 6.45) is 6.38. The molecule has 2 heterocycles. The van der Waals surface area contributed by atoms with Gasteiger partial charge in [-0.3, -0.25) is 14.4 Å². The van der Waals surface area contributed by atoms with Crippen molar-refractivity contribution in [1.29, 1.82) is 0 Å². The van der Waals surface area contributed by atoms with Gasteiger partial charge in [0.2, 0.25) is 17.7 Å². The maximum atomic E-state index is 13.0. The van der Waals surface area contributed by atoms with E-state index in [1.165, 1.54) is 18.2 Å². The SMILES string of the molecule is CC.CCC1(CC)CCCN(CC(=O)Nc2ccc3c(c2)CC(C(=O)Nc2ccccn2)C3)C1=O.Fc1cccc(F)c1. The Bertz CT molecular complexity index is 1360. The molecule has 1 saturated heterocycles. The van der Waals surface area contributed by atoms with Gasteiger partial charge in [-0.05, 0) is 86.1 Å². The van der Waals surface area contributed by atoms with Crippen LogP contribution in [0.15, 0.2) is 66.9 Å². The van der Waals surface area contributed by atoms with Crippen molar-refractivity contribution in [1.82, 2.24) is 9.88 Å². The van der Waals surface area contributed by atoms with Gasteiger partial charge in [0.25, 0.3) is 0 Å². The molecule has 0 radical (unpaired) electrons. The van der Waals surface area contributed by atoms with Crippen molar-refractivity contribution >= 4 is 29.2 Å². The van der Waals surface area contributed by atoms with Crippen LogP contribution < -0.4 is 10.6 Å². The van der Waals surface area contributed by atoms with Gasteiger partial charge in [-0.1, -0.05) is 45.9 Å². The van der Waals surface area contributed by atoms with Gasteiger partial charge in [0.05, 0.1) is 6.54 Å². The molecule has 2 aliphatic rings. The molecular weight excluding hydrogens is 550 g/mol. The summed E-state index contributed by atoms with van der Waals surface area (Å²) in [6, 6.07) is 15.8. The molecule has 1 aliphatic carbocycles. The Morgan fingerprint density at radius 3 is 2.23 bits per heavy atom. The lowest BCUT2D eigenvalue weighted by Gasteiger charge is -2.40. The van der Waals surface area contributed by atoms with Crippen LogP contribution in [0, 0.1) is 23.0 Å². The lowest BCUT2D eigenvalue weighted by Crippen LogP contribution is -2.50. The Hall–Kier alpha value is -4.14. The van der Waals surface area contributed by atoms with Crippen LogP contribution in [0.2, 0.25) is 0 Å². The number of nitrogens with zero attached hydrogens (tertiary/aromatic N) is 2. The number of rotatable bonds is 7. The molecule has 2 N–H and O–H groups in total. The predicted molar refractivity (Wildman–Crippen MR) is 165 cm³/mol. The smallest absolute Gasteiger partial charge is 0.243 e. The van der Waals surface area contributed by atoms with Crippen molar-refractivity contribution in [3.05, 3.63) is 89.6 Å². The molecule has 1 aromatic heterocycles. The largest absolute Gasteiger partial charge is 0.333 e. The number of likely N-dealkylation sites (tertiary alicyclic amines) is 1. The molecule has 1 aliphatic heterocycles. The summed E-state index contributed by atoms with van der Waals surface area (Å²) in [5, 5.41) is 5.82. The van der Waals surface area contributed by atoms with Gasteiger partial charge in [0.1, 0.15) is 17.5 Å². The van der Waals surface area contributed by atoms with Crippen LogP contribution in [0.5, 0.6) is 0 Å². The maximum absolute atomic E-state index is 13.0. The molecule has 2 aromatic carbocycles. The monoisotopic (exact) mass is 592 g/mol. The second-order valence-electron chi connectivity index (χ2n) is 10.6. The number of nitrogens with one attached hydrogen (secondary N) is 2. The number of halogens is 2. The number of pyridine rings is 1. The first-order valence-electron chi connectivity index (χ1n) is 15.1. The van der Waals surface area contributed by atoms with Crippen LogP contribution in [0.1, 0.15) is 64.5 Å². The normalized spacial score (nSPS) is 16.6. The molecule has 3 amide bonds. The molecule has 1 fully saturated rings. The zero-order chi connectivity index (χ0) is 31.4. The first-order valence-corrected chi connectivity index (χ1v) is 15.1. The van der Waals surface area contributed by atoms with E-state index in [1.807, 2.05) is 44.2 Å². The highest BCUT2D eigenvalue weighted by Crippen LogP contribution is 2.37. The summed E-state index contributed by atoms with van der Waals surface area (Å²) in [5.41, 5.74) is 2.57. The van der Waals surface area contributed by atoms with Crippen molar-refractivity contribution in [3.63, 3.8) is 0 Å². The minimum atomic E-state index is -0.537. The minimum absolute atomic E-state index is 0.0468. The zero-order valence-electron chi connectivity index (χ0n) is 25.5. The summed E-state index contributed by atoms with van der Waals surface area (Å²) < 4.78 is 23.9. The van der Waals surface area contributed by atoms with Gasteiger partial charge in [0, 0.05) is 35.8 Å². The lowest BCUT2D eigenvalue weighted by atomic mass is 9.74. The van der Waals surface area contributed by atoms with Gasteiger partial charge >= 0.3 is 0 Å². The third-order valence-electron chi connectivity index (χ3n) is 8.01. The molecule has 230 valence electrons. The third-order valence-corrected chi connectivity index (χ3v) is 8.01. The fourth-order valence-electron chi connectivity index (χ4n) is 5.59. The van der Waals surface area contributed by atoms with Crippen molar-refractivity contribution in [3.8, 4) is 0 Å². The summed E-state index contributed by atoms with van der Waals surface area (Å²) in [4.78, 5) is 44.2. The summed E-state index contributed by atoms with van der Waals surface area (Å²) in [5.74, 6) is -0.813. The van der Waals surface area contributed by atoms with Gasteiger partial charge in [-0.2, -0.15) is 0 Å². The van der Waals surface area contributed by atoms with Crippen LogP contribution in [-0.2, 0) is 27.2 Å². The number of piperidine rings is 1. The summed E-state index contributed by atoms with van der Waals surface area (Å²) >= 11 is 0. The number of anilines is 2. The standard InChI is InChI=1S/C26H32N4O3.C6H4F2.C2H6/c1-3-26(4-2)11-7-13-30(25(26)33)17-23(31)28-21-10-9-18-14-20(15-19(18)16-21)24(32)29-22-8-5-6-12-27-22;7-5-2-1-3-6(8)4-5;1-2/h5-6,8-10,12,16,20H,3-4,7,11,13-15,17H2,1-2H3,(H,28,31)(H,27,29,32);1-4H;1-2H3. The Kier molecular flexibility index (Phi) is 12.3. The van der Waals surface area contributed by atoms with E-state index in [-0.39, 0.29) is 35.6 Å². The van der Waals surface area contributed by atoms with E-state index >= 15 is 0 Å². The molecule has 7 nitrogen and oxygen atoms in total. The van der Waals surface area contributed by atoms with Crippen molar-refractivity contribution in [2.75, 3.05) is 23.7 Å². The van der Waals surface area contributed by atoms with Crippen LogP contribution in [0.3, 0.4) is 0 Å². The molecule has 1 unspecified atom stereocenters. The summed E-state index contributed by atoms with van der Waals surface area (Å²) in [6.45, 7) is 8.82. The number of hydrogen-bond donors (Lipinski definition) is 2. The highest BCUT2D eigenvalue weighted by Gasteiger charge is 2.41. The van der Waals surface area contributed by atoms with E-state index in [0.717, 1.165) is 42.9 Å². The number of amides is 3. The average molecular weight is 593 g/mol. The Morgan fingerprint density at radius 1 is 0.930 bits per heavy atom. The van der Waals surface area contributed by atoms with Gasteiger partial charge in [0.15, 0.2) is 0 Å². The molecule has 43 heavy (non-hydrogen) atoms.